The molecule has 1 heterocycles. The average molecular weight is 451 g/mol. The summed E-state index contributed by atoms with van der Waals surface area (Å²) in [4.78, 5) is 36.4. The number of thioether (sulfide) groups is 1. The normalized spacial score (nSPS) is 11.5. The number of hydrogen-bond donors (Lipinski definition) is 3. The van der Waals surface area contributed by atoms with E-state index in [1.54, 1.807) is 32.0 Å². The van der Waals surface area contributed by atoms with Crippen LogP contribution >= 0.6 is 11.8 Å². The van der Waals surface area contributed by atoms with E-state index in [-0.39, 0.29) is 23.3 Å². The van der Waals surface area contributed by atoms with Gasteiger partial charge in [0.25, 0.3) is 5.91 Å². The van der Waals surface area contributed by atoms with Crippen molar-refractivity contribution in [3.63, 3.8) is 0 Å². The Bertz CT molecular complexity index is 930. The molecule has 1 atom stereocenters. The third kappa shape index (κ3) is 7.52. The van der Waals surface area contributed by atoms with Crippen LogP contribution in [0.5, 0.6) is 11.5 Å². The number of rotatable bonds is 9. The lowest BCUT2D eigenvalue weighted by atomic mass is 10.2. The molecule has 0 aliphatic carbocycles. The van der Waals surface area contributed by atoms with Crippen molar-refractivity contribution in [2.45, 2.75) is 39.0 Å². The molecule has 0 saturated heterocycles. The molecule has 0 bridgehead atoms. The summed E-state index contributed by atoms with van der Waals surface area (Å²) in [5, 5.41) is 5.76. The molecule has 31 heavy (non-hydrogen) atoms. The van der Waals surface area contributed by atoms with E-state index in [2.05, 4.69) is 21.3 Å². The van der Waals surface area contributed by atoms with Crippen molar-refractivity contribution in [1.29, 1.82) is 0 Å². The maximum Gasteiger partial charge on any atom is 0.269 e. The van der Waals surface area contributed by atoms with E-state index in [1.165, 1.54) is 13.2 Å². The molecule has 11 heteroatoms. The highest BCUT2D eigenvalue weighted by Gasteiger charge is 2.17. The molecular formula is C20H26N4O6S. The lowest BCUT2D eigenvalue weighted by Gasteiger charge is -2.15. The van der Waals surface area contributed by atoms with Crippen molar-refractivity contribution in [3.05, 3.63) is 35.6 Å². The Kier molecular flexibility index (Phi) is 8.74. The van der Waals surface area contributed by atoms with Gasteiger partial charge in [-0.05, 0) is 45.9 Å². The van der Waals surface area contributed by atoms with Crippen molar-refractivity contribution >= 4 is 35.3 Å². The fourth-order valence-corrected chi connectivity index (χ4v) is 3.01. The zero-order valence-corrected chi connectivity index (χ0v) is 18.8. The van der Waals surface area contributed by atoms with Gasteiger partial charge in [0.15, 0.2) is 17.3 Å². The minimum Gasteiger partial charge on any atom is -0.493 e. The fourth-order valence-electron chi connectivity index (χ4n) is 2.32. The number of hydrogen-bond acceptors (Lipinski definition) is 8. The lowest BCUT2D eigenvalue weighted by Crippen LogP contribution is -2.42. The van der Waals surface area contributed by atoms with Gasteiger partial charge in [0.1, 0.15) is 5.76 Å². The highest BCUT2D eigenvalue weighted by atomic mass is 32.2. The first-order valence-electron chi connectivity index (χ1n) is 9.49. The standard InChI is InChI=1S/C20H26N4O6S/c1-11(2)29-15-7-6-14(9-16(15)28-5)20(27)23-22-18(25)10-31-13(4)19(26)21-17-8-12(3)30-24-17/h6-9,11,13H,10H2,1-5H3,(H,22,25)(H,23,27)(H,21,24,26). The van der Waals surface area contributed by atoms with Gasteiger partial charge in [-0.2, -0.15) is 0 Å². The van der Waals surface area contributed by atoms with Crippen LogP contribution < -0.4 is 25.6 Å². The largest absolute Gasteiger partial charge is 0.493 e. The van der Waals surface area contributed by atoms with Crippen LogP contribution in [-0.4, -0.2) is 47.1 Å². The fraction of sp³-hybridized carbons (Fsp3) is 0.400. The van der Waals surface area contributed by atoms with E-state index in [0.29, 0.717) is 23.1 Å². The number of aryl methyl sites for hydroxylation is 1. The third-order valence-electron chi connectivity index (χ3n) is 3.82. The summed E-state index contributed by atoms with van der Waals surface area (Å²) >= 11 is 1.11. The topological polar surface area (TPSA) is 132 Å². The number of anilines is 1. The Balaban J connectivity index is 1.79. The average Bonchev–Trinajstić information content (AvgIpc) is 3.14. The molecule has 2 rings (SSSR count). The number of carbonyl (C=O) groups excluding carboxylic acids is 3. The number of benzene rings is 1. The molecule has 1 unspecified atom stereocenters. The maximum absolute atomic E-state index is 12.3. The number of amides is 3. The molecule has 3 amide bonds. The molecule has 1 aromatic heterocycles. The molecule has 1 aromatic carbocycles. The summed E-state index contributed by atoms with van der Waals surface area (Å²) in [6, 6.07) is 6.30. The second-order valence-electron chi connectivity index (χ2n) is 6.80. The van der Waals surface area contributed by atoms with Crippen molar-refractivity contribution in [2.24, 2.45) is 0 Å². The summed E-state index contributed by atoms with van der Waals surface area (Å²) < 4.78 is 15.7. The lowest BCUT2D eigenvalue weighted by molar-refractivity contribution is -0.119. The highest BCUT2D eigenvalue weighted by molar-refractivity contribution is 8.01. The molecule has 0 aliphatic heterocycles. The zero-order chi connectivity index (χ0) is 23.0. The van der Waals surface area contributed by atoms with Gasteiger partial charge in [0.2, 0.25) is 11.8 Å². The molecule has 10 nitrogen and oxygen atoms in total. The summed E-state index contributed by atoms with van der Waals surface area (Å²) in [5.74, 6) is 0.495. The summed E-state index contributed by atoms with van der Waals surface area (Å²) in [6.45, 7) is 7.13. The molecular weight excluding hydrogens is 424 g/mol. The van der Waals surface area contributed by atoms with Crippen molar-refractivity contribution in [3.8, 4) is 11.5 Å². The number of nitrogens with one attached hydrogen (secondary N) is 3. The summed E-state index contributed by atoms with van der Waals surface area (Å²) in [6.07, 6.45) is -0.0464. The van der Waals surface area contributed by atoms with Gasteiger partial charge in [0.05, 0.1) is 24.2 Å². The Morgan fingerprint density at radius 1 is 1.13 bits per heavy atom. The first-order chi connectivity index (χ1) is 14.7. The van der Waals surface area contributed by atoms with Crippen LogP contribution in [0.3, 0.4) is 0 Å². The second kappa shape index (κ2) is 11.3. The molecule has 0 saturated carbocycles. The van der Waals surface area contributed by atoms with Crippen molar-refractivity contribution < 1.29 is 28.4 Å². The summed E-state index contributed by atoms with van der Waals surface area (Å²) in [5.41, 5.74) is 4.95. The third-order valence-corrected chi connectivity index (χ3v) is 4.96. The van der Waals surface area contributed by atoms with Gasteiger partial charge >= 0.3 is 0 Å². The Hall–Kier alpha value is -3.21. The number of methoxy groups -OCH3 is 1. The van der Waals surface area contributed by atoms with Crippen LogP contribution in [0.4, 0.5) is 5.82 Å². The van der Waals surface area contributed by atoms with Gasteiger partial charge in [0, 0.05) is 11.6 Å². The molecule has 0 spiro atoms. The van der Waals surface area contributed by atoms with Crippen molar-refractivity contribution in [1.82, 2.24) is 16.0 Å². The van der Waals surface area contributed by atoms with Crippen molar-refractivity contribution in [2.75, 3.05) is 18.2 Å². The highest BCUT2D eigenvalue weighted by Crippen LogP contribution is 2.28. The Morgan fingerprint density at radius 3 is 2.48 bits per heavy atom. The smallest absolute Gasteiger partial charge is 0.269 e. The van der Waals surface area contributed by atoms with E-state index < -0.39 is 17.1 Å². The van der Waals surface area contributed by atoms with Gasteiger partial charge in [-0.15, -0.1) is 11.8 Å². The van der Waals surface area contributed by atoms with Crippen LogP contribution in [0.2, 0.25) is 0 Å². The number of hydrazine groups is 1. The second-order valence-corrected chi connectivity index (χ2v) is 8.13. The van der Waals surface area contributed by atoms with Crippen LogP contribution in [0.1, 0.15) is 36.9 Å². The minimum atomic E-state index is -0.517. The van der Waals surface area contributed by atoms with Gasteiger partial charge in [-0.1, -0.05) is 5.16 Å². The van der Waals surface area contributed by atoms with Crippen LogP contribution in [0.25, 0.3) is 0 Å². The summed E-state index contributed by atoms with van der Waals surface area (Å²) in [7, 11) is 1.48. The maximum atomic E-state index is 12.3. The first-order valence-corrected chi connectivity index (χ1v) is 10.5. The predicted molar refractivity (Wildman–Crippen MR) is 116 cm³/mol. The predicted octanol–water partition coefficient (Wildman–Crippen LogP) is 2.30. The minimum absolute atomic E-state index is 0.0306. The van der Waals surface area contributed by atoms with Gasteiger partial charge in [-0.3, -0.25) is 25.2 Å². The molecule has 3 N–H and O–H groups in total. The van der Waals surface area contributed by atoms with E-state index >= 15 is 0 Å². The van der Waals surface area contributed by atoms with E-state index in [0.717, 1.165) is 11.8 Å². The Morgan fingerprint density at radius 2 is 1.87 bits per heavy atom. The molecule has 0 fully saturated rings. The number of carbonyl (C=O) groups is 3. The quantitative estimate of drug-likeness (QED) is 0.496. The van der Waals surface area contributed by atoms with Crippen LogP contribution in [0.15, 0.2) is 28.8 Å². The number of aromatic nitrogens is 1. The van der Waals surface area contributed by atoms with Gasteiger partial charge < -0.3 is 19.3 Å². The molecule has 0 radical (unpaired) electrons. The zero-order valence-electron chi connectivity index (χ0n) is 18.0. The Labute approximate surface area is 184 Å². The SMILES string of the molecule is COc1cc(C(=O)NNC(=O)CSC(C)C(=O)Nc2cc(C)on2)ccc1OC(C)C. The van der Waals surface area contributed by atoms with E-state index in [4.69, 9.17) is 14.0 Å². The number of nitrogens with zero attached hydrogens (tertiary/aromatic N) is 1. The number of ether oxygens (including phenoxy) is 2. The van der Waals surface area contributed by atoms with Gasteiger partial charge in [-0.25, -0.2) is 0 Å². The van der Waals surface area contributed by atoms with E-state index in [9.17, 15) is 14.4 Å². The first kappa shape index (κ1) is 24.1. The molecule has 2 aromatic rings. The monoisotopic (exact) mass is 450 g/mol. The molecule has 168 valence electrons. The van der Waals surface area contributed by atoms with Crippen LogP contribution in [-0.2, 0) is 9.59 Å². The van der Waals surface area contributed by atoms with E-state index in [1.807, 2.05) is 13.8 Å². The van der Waals surface area contributed by atoms with Crippen LogP contribution in [0, 0.1) is 6.92 Å². The molecule has 0 aliphatic rings.